The van der Waals surface area contributed by atoms with Crippen molar-refractivity contribution in [1.29, 1.82) is 0 Å². The molecule has 3 aromatic rings. The number of aromatic nitrogens is 4. The molecule has 0 spiro atoms. The van der Waals surface area contributed by atoms with E-state index < -0.39 is 0 Å². The van der Waals surface area contributed by atoms with Crippen LogP contribution in [-0.4, -0.2) is 31.6 Å². The summed E-state index contributed by atoms with van der Waals surface area (Å²) in [6, 6.07) is 9.83. The summed E-state index contributed by atoms with van der Waals surface area (Å²) in [7, 11) is 0. The first-order valence-electron chi connectivity index (χ1n) is 8.74. The molecule has 1 aliphatic carbocycles. The SMILES string of the molecule is O=C(CSc1nnc(-c2cccc(Br)c2)o1)Nc1ccnn1C1CCCC1. The van der Waals surface area contributed by atoms with Crippen molar-refractivity contribution in [3.05, 3.63) is 41.0 Å². The molecular weight excluding hydrogens is 430 g/mol. The van der Waals surface area contributed by atoms with E-state index in [0.29, 0.717) is 17.2 Å². The Morgan fingerprint density at radius 3 is 2.96 bits per heavy atom. The summed E-state index contributed by atoms with van der Waals surface area (Å²) >= 11 is 4.63. The number of amides is 1. The van der Waals surface area contributed by atoms with Crippen LogP contribution in [0.25, 0.3) is 11.5 Å². The Kier molecular flexibility index (Phi) is 5.58. The first kappa shape index (κ1) is 18.2. The minimum atomic E-state index is -0.123. The standard InChI is InChI=1S/C18H18BrN5O2S/c19-13-5-3-4-12(10-13)17-22-23-18(26-17)27-11-16(25)21-15-8-9-20-24(15)14-6-1-2-7-14/h3-5,8-10,14H,1-2,6-7,11H2,(H,21,25). The highest BCUT2D eigenvalue weighted by Crippen LogP contribution is 2.31. The molecule has 2 aromatic heterocycles. The second-order valence-electron chi connectivity index (χ2n) is 6.32. The lowest BCUT2D eigenvalue weighted by molar-refractivity contribution is -0.113. The second kappa shape index (κ2) is 8.26. The number of carbonyl (C=O) groups excluding carboxylic acids is 1. The van der Waals surface area contributed by atoms with Gasteiger partial charge >= 0.3 is 0 Å². The van der Waals surface area contributed by atoms with E-state index in [1.165, 1.54) is 24.6 Å². The second-order valence-corrected chi connectivity index (χ2v) is 8.16. The fourth-order valence-electron chi connectivity index (χ4n) is 3.17. The zero-order valence-electron chi connectivity index (χ0n) is 14.5. The maximum absolute atomic E-state index is 12.3. The number of hydrogen-bond donors (Lipinski definition) is 1. The van der Waals surface area contributed by atoms with E-state index in [9.17, 15) is 4.79 Å². The van der Waals surface area contributed by atoms with Crippen molar-refractivity contribution in [1.82, 2.24) is 20.0 Å². The fraction of sp³-hybridized carbons (Fsp3) is 0.333. The molecule has 0 aliphatic heterocycles. The lowest BCUT2D eigenvalue weighted by Crippen LogP contribution is -2.19. The van der Waals surface area contributed by atoms with Crippen molar-refractivity contribution in [2.45, 2.75) is 36.9 Å². The molecule has 0 bridgehead atoms. The molecule has 1 fully saturated rings. The molecule has 1 saturated carbocycles. The number of thioether (sulfide) groups is 1. The maximum atomic E-state index is 12.3. The van der Waals surface area contributed by atoms with Gasteiger partial charge in [-0.15, -0.1) is 10.2 Å². The summed E-state index contributed by atoms with van der Waals surface area (Å²) in [4.78, 5) is 12.3. The van der Waals surface area contributed by atoms with Gasteiger partial charge in [0.2, 0.25) is 11.8 Å². The number of hydrogen-bond acceptors (Lipinski definition) is 6. The largest absolute Gasteiger partial charge is 0.411 e. The van der Waals surface area contributed by atoms with Gasteiger partial charge in [0, 0.05) is 16.1 Å². The van der Waals surface area contributed by atoms with Crippen molar-refractivity contribution < 1.29 is 9.21 Å². The smallest absolute Gasteiger partial charge is 0.277 e. The minimum absolute atomic E-state index is 0.123. The Bertz CT molecular complexity index is 935. The van der Waals surface area contributed by atoms with Crippen molar-refractivity contribution in [3.8, 4) is 11.5 Å². The number of nitrogens with zero attached hydrogens (tertiary/aromatic N) is 4. The Hall–Kier alpha value is -2.13. The van der Waals surface area contributed by atoms with E-state index in [1.807, 2.05) is 35.0 Å². The molecule has 2 heterocycles. The Labute approximate surface area is 169 Å². The summed E-state index contributed by atoms with van der Waals surface area (Å²) in [5.74, 6) is 1.24. The Morgan fingerprint density at radius 2 is 2.15 bits per heavy atom. The van der Waals surface area contributed by atoms with Crippen molar-refractivity contribution in [3.63, 3.8) is 0 Å². The normalized spacial score (nSPS) is 14.6. The predicted octanol–water partition coefficient (Wildman–Crippen LogP) is 4.54. The van der Waals surface area contributed by atoms with Crippen molar-refractivity contribution in [2.24, 2.45) is 0 Å². The lowest BCUT2D eigenvalue weighted by atomic mass is 10.2. The molecule has 1 aliphatic rings. The molecule has 4 rings (SSSR count). The third-order valence-corrected chi connectivity index (χ3v) is 5.72. The molecule has 27 heavy (non-hydrogen) atoms. The van der Waals surface area contributed by atoms with Crippen LogP contribution in [0, 0.1) is 0 Å². The topological polar surface area (TPSA) is 85.8 Å². The summed E-state index contributed by atoms with van der Waals surface area (Å²) in [6.07, 6.45) is 6.37. The zero-order valence-corrected chi connectivity index (χ0v) is 16.9. The summed E-state index contributed by atoms with van der Waals surface area (Å²) < 4.78 is 8.50. The van der Waals surface area contributed by atoms with Gasteiger partial charge in [0.05, 0.1) is 18.0 Å². The number of nitrogens with one attached hydrogen (secondary N) is 1. The van der Waals surface area contributed by atoms with Crippen LogP contribution >= 0.6 is 27.7 Å². The molecule has 140 valence electrons. The van der Waals surface area contributed by atoms with Gasteiger partial charge in [-0.1, -0.05) is 46.6 Å². The Balaban J connectivity index is 1.34. The first-order valence-corrected chi connectivity index (χ1v) is 10.5. The monoisotopic (exact) mass is 447 g/mol. The van der Waals surface area contributed by atoms with Crippen molar-refractivity contribution >= 4 is 39.4 Å². The van der Waals surface area contributed by atoms with E-state index in [0.717, 1.165) is 28.7 Å². The van der Waals surface area contributed by atoms with E-state index in [1.54, 1.807) is 6.20 Å². The van der Waals surface area contributed by atoms with Gasteiger partial charge < -0.3 is 9.73 Å². The van der Waals surface area contributed by atoms with Gasteiger partial charge in [0.1, 0.15) is 5.82 Å². The highest BCUT2D eigenvalue weighted by Gasteiger charge is 2.20. The number of anilines is 1. The molecule has 0 unspecified atom stereocenters. The summed E-state index contributed by atoms with van der Waals surface area (Å²) in [5.41, 5.74) is 0.827. The van der Waals surface area contributed by atoms with Crippen LogP contribution in [0.3, 0.4) is 0 Å². The average molecular weight is 448 g/mol. The summed E-state index contributed by atoms with van der Waals surface area (Å²) in [5, 5.41) is 15.7. The number of carbonyl (C=O) groups is 1. The van der Waals surface area contributed by atoms with Gasteiger partial charge in [-0.3, -0.25) is 4.79 Å². The number of benzene rings is 1. The van der Waals surface area contributed by atoms with Crippen LogP contribution in [-0.2, 0) is 4.79 Å². The molecule has 1 N–H and O–H groups in total. The molecule has 7 nitrogen and oxygen atoms in total. The third kappa shape index (κ3) is 4.41. The molecule has 0 atom stereocenters. The van der Waals surface area contributed by atoms with Gasteiger partial charge in [-0.05, 0) is 31.0 Å². The van der Waals surface area contributed by atoms with Crippen LogP contribution in [0.15, 0.2) is 50.6 Å². The van der Waals surface area contributed by atoms with Crippen LogP contribution in [0.1, 0.15) is 31.7 Å². The molecule has 1 aromatic carbocycles. The van der Waals surface area contributed by atoms with Gasteiger partial charge in [0.25, 0.3) is 5.22 Å². The lowest BCUT2D eigenvalue weighted by Gasteiger charge is -2.14. The van der Waals surface area contributed by atoms with E-state index in [-0.39, 0.29) is 11.7 Å². The Morgan fingerprint density at radius 1 is 1.30 bits per heavy atom. The fourth-order valence-corrected chi connectivity index (χ4v) is 4.13. The minimum Gasteiger partial charge on any atom is -0.411 e. The number of halogens is 1. The highest BCUT2D eigenvalue weighted by molar-refractivity contribution is 9.10. The van der Waals surface area contributed by atoms with Gasteiger partial charge in [-0.25, -0.2) is 4.68 Å². The molecular formula is C18H18BrN5O2S. The zero-order chi connectivity index (χ0) is 18.6. The highest BCUT2D eigenvalue weighted by atomic mass is 79.9. The molecule has 9 heteroatoms. The average Bonchev–Trinajstić information content (AvgIpc) is 3.41. The quantitative estimate of drug-likeness (QED) is 0.558. The molecule has 1 amide bonds. The summed E-state index contributed by atoms with van der Waals surface area (Å²) in [6.45, 7) is 0. The van der Waals surface area contributed by atoms with Crippen LogP contribution in [0.4, 0.5) is 5.82 Å². The van der Waals surface area contributed by atoms with Crippen LogP contribution in [0.5, 0.6) is 0 Å². The first-order chi connectivity index (χ1) is 13.2. The van der Waals surface area contributed by atoms with Crippen LogP contribution < -0.4 is 5.32 Å². The van der Waals surface area contributed by atoms with Crippen LogP contribution in [0.2, 0.25) is 0 Å². The molecule has 0 saturated heterocycles. The van der Waals surface area contributed by atoms with Gasteiger partial charge in [-0.2, -0.15) is 5.10 Å². The van der Waals surface area contributed by atoms with Crippen molar-refractivity contribution in [2.75, 3.05) is 11.1 Å². The number of rotatable bonds is 6. The van der Waals surface area contributed by atoms with E-state index in [4.69, 9.17) is 4.42 Å². The van der Waals surface area contributed by atoms with Gasteiger partial charge in [0.15, 0.2) is 0 Å². The van der Waals surface area contributed by atoms with E-state index in [2.05, 4.69) is 36.5 Å². The van der Waals surface area contributed by atoms with E-state index >= 15 is 0 Å². The predicted molar refractivity (Wildman–Crippen MR) is 107 cm³/mol. The molecule has 0 radical (unpaired) electrons. The maximum Gasteiger partial charge on any atom is 0.277 e. The third-order valence-electron chi connectivity index (χ3n) is 4.41.